The number of urea groups is 1. The van der Waals surface area contributed by atoms with Crippen molar-refractivity contribution >= 4 is 6.03 Å². The molecule has 1 saturated heterocycles. The van der Waals surface area contributed by atoms with Crippen LogP contribution in [-0.2, 0) is 0 Å². The van der Waals surface area contributed by atoms with Crippen molar-refractivity contribution in [1.29, 1.82) is 0 Å². The van der Waals surface area contributed by atoms with Gasteiger partial charge in [0.2, 0.25) is 0 Å². The maximum absolute atomic E-state index is 11.7. The fraction of sp³-hybridized carbons (Fsp3) is 0.917. The number of nitrogens with zero attached hydrogens (tertiary/aromatic N) is 1. The van der Waals surface area contributed by atoms with E-state index >= 15 is 0 Å². The van der Waals surface area contributed by atoms with Gasteiger partial charge in [0.15, 0.2) is 0 Å². The van der Waals surface area contributed by atoms with Crippen LogP contribution in [0, 0.1) is 5.92 Å². The Balaban J connectivity index is 2.29. The minimum atomic E-state index is 0.0598. The van der Waals surface area contributed by atoms with Crippen molar-refractivity contribution in [3.05, 3.63) is 0 Å². The van der Waals surface area contributed by atoms with Crippen LogP contribution in [0.2, 0.25) is 0 Å². The first-order chi connectivity index (χ1) is 7.69. The predicted octanol–water partition coefficient (Wildman–Crippen LogP) is 1.43. The largest absolute Gasteiger partial charge is 0.336 e. The first kappa shape index (κ1) is 13.3. The number of rotatable bonds is 4. The Bertz CT molecular complexity index is 216. The van der Waals surface area contributed by atoms with Crippen molar-refractivity contribution in [2.45, 2.75) is 39.7 Å². The van der Waals surface area contributed by atoms with Gasteiger partial charge < -0.3 is 15.5 Å². The molecule has 0 aromatic heterocycles. The molecule has 2 unspecified atom stereocenters. The lowest BCUT2D eigenvalue weighted by Gasteiger charge is -2.31. The van der Waals surface area contributed by atoms with Gasteiger partial charge in [-0.1, -0.05) is 6.92 Å². The van der Waals surface area contributed by atoms with Crippen LogP contribution in [0.4, 0.5) is 4.79 Å². The number of carbonyl (C=O) groups excluding carboxylic acids is 1. The van der Waals surface area contributed by atoms with Crippen LogP contribution in [0.3, 0.4) is 0 Å². The summed E-state index contributed by atoms with van der Waals surface area (Å²) in [5, 5.41) is 6.48. The van der Waals surface area contributed by atoms with Gasteiger partial charge in [0, 0.05) is 25.7 Å². The molecule has 4 heteroatoms. The molecule has 1 heterocycles. The fourth-order valence-corrected chi connectivity index (χ4v) is 2.21. The summed E-state index contributed by atoms with van der Waals surface area (Å²) >= 11 is 0. The summed E-state index contributed by atoms with van der Waals surface area (Å²) < 4.78 is 0. The summed E-state index contributed by atoms with van der Waals surface area (Å²) in [7, 11) is 0. The molecule has 1 aliphatic heterocycles. The fourth-order valence-electron chi connectivity index (χ4n) is 2.21. The average molecular weight is 227 g/mol. The predicted molar refractivity (Wildman–Crippen MR) is 66.5 cm³/mol. The third kappa shape index (κ3) is 3.67. The van der Waals surface area contributed by atoms with Crippen LogP contribution >= 0.6 is 0 Å². The SMILES string of the molecule is CCN(CC)C(=O)NCC1NCCCC1C. The molecular formula is C12H25N3O. The van der Waals surface area contributed by atoms with E-state index in [0.717, 1.165) is 26.2 Å². The molecule has 2 amide bonds. The van der Waals surface area contributed by atoms with Gasteiger partial charge in [-0.3, -0.25) is 0 Å². The summed E-state index contributed by atoms with van der Waals surface area (Å²) in [6.45, 7) is 9.63. The zero-order chi connectivity index (χ0) is 12.0. The van der Waals surface area contributed by atoms with Crippen molar-refractivity contribution in [3.8, 4) is 0 Å². The molecule has 0 aliphatic carbocycles. The van der Waals surface area contributed by atoms with Gasteiger partial charge in [0.1, 0.15) is 0 Å². The van der Waals surface area contributed by atoms with Crippen LogP contribution in [0.1, 0.15) is 33.6 Å². The number of carbonyl (C=O) groups is 1. The molecule has 1 fully saturated rings. The Morgan fingerprint density at radius 3 is 2.69 bits per heavy atom. The van der Waals surface area contributed by atoms with E-state index in [9.17, 15) is 4.79 Å². The number of nitrogens with one attached hydrogen (secondary N) is 2. The third-order valence-electron chi connectivity index (χ3n) is 3.45. The summed E-state index contributed by atoms with van der Waals surface area (Å²) in [6, 6.07) is 0.498. The van der Waals surface area contributed by atoms with E-state index in [2.05, 4.69) is 17.6 Å². The quantitative estimate of drug-likeness (QED) is 0.763. The molecule has 1 rings (SSSR count). The number of piperidine rings is 1. The summed E-state index contributed by atoms with van der Waals surface area (Å²) in [5.74, 6) is 0.658. The molecule has 16 heavy (non-hydrogen) atoms. The lowest BCUT2D eigenvalue weighted by atomic mass is 9.93. The van der Waals surface area contributed by atoms with Gasteiger partial charge in [-0.25, -0.2) is 4.79 Å². The van der Waals surface area contributed by atoms with Gasteiger partial charge in [0.25, 0.3) is 0 Å². The molecule has 0 radical (unpaired) electrons. The molecule has 4 nitrogen and oxygen atoms in total. The van der Waals surface area contributed by atoms with Crippen molar-refractivity contribution in [2.24, 2.45) is 5.92 Å². The molecule has 0 spiro atoms. The molecule has 0 bridgehead atoms. The lowest BCUT2D eigenvalue weighted by molar-refractivity contribution is 0.198. The summed E-state index contributed by atoms with van der Waals surface area (Å²) in [4.78, 5) is 13.6. The Hall–Kier alpha value is -0.770. The minimum Gasteiger partial charge on any atom is -0.336 e. The van der Waals surface area contributed by atoms with E-state index in [1.807, 2.05) is 18.7 Å². The van der Waals surface area contributed by atoms with Gasteiger partial charge in [-0.2, -0.15) is 0 Å². The van der Waals surface area contributed by atoms with Gasteiger partial charge in [-0.05, 0) is 39.2 Å². The summed E-state index contributed by atoms with van der Waals surface area (Å²) in [5.41, 5.74) is 0. The topological polar surface area (TPSA) is 44.4 Å². The Morgan fingerprint density at radius 1 is 1.44 bits per heavy atom. The van der Waals surface area contributed by atoms with E-state index in [4.69, 9.17) is 0 Å². The van der Waals surface area contributed by atoms with E-state index < -0.39 is 0 Å². The van der Waals surface area contributed by atoms with Gasteiger partial charge >= 0.3 is 6.03 Å². The van der Waals surface area contributed by atoms with Crippen molar-refractivity contribution in [2.75, 3.05) is 26.2 Å². The van der Waals surface area contributed by atoms with E-state index in [1.165, 1.54) is 12.8 Å². The van der Waals surface area contributed by atoms with E-state index in [1.54, 1.807) is 0 Å². The molecule has 2 N–H and O–H groups in total. The Morgan fingerprint density at radius 2 is 2.12 bits per heavy atom. The highest BCUT2D eigenvalue weighted by Crippen LogP contribution is 2.14. The van der Waals surface area contributed by atoms with Crippen molar-refractivity contribution in [1.82, 2.24) is 15.5 Å². The van der Waals surface area contributed by atoms with Crippen LogP contribution < -0.4 is 10.6 Å². The van der Waals surface area contributed by atoms with Crippen LogP contribution in [0.15, 0.2) is 0 Å². The van der Waals surface area contributed by atoms with E-state index in [0.29, 0.717) is 12.0 Å². The molecule has 2 atom stereocenters. The van der Waals surface area contributed by atoms with Crippen LogP contribution in [-0.4, -0.2) is 43.2 Å². The minimum absolute atomic E-state index is 0.0598. The summed E-state index contributed by atoms with van der Waals surface area (Å²) in [6.07, 6.45) is 2.51. The first-order valence-electron chi connectivity index (χ1n) is 6.45. The number of hydrogen-bond donors (Lipinski definition) is 2. The maximum Gasteiger partial charge on any atom is 0.317 e. The van der Waals surface area contributed by atoms with Crippen LogP contribution in [0.5, 0.6) is 0 Å². The monoisotopic (exact) mass is 227 g/mol. The molecule has 0 aromatic carbocycles. The number of amides is 2. The molecular weight excluding hydrogens is 202 g/mol. The zero-order valence-corrected chi connectivity index (χ0v) is 10.8. The Labute approximate surface area is 98.8 Å². The second-order valence-electron chi connectivity index (χ2n) is 4.54. The first-order valence-corrected chi connectivity index (χ1v) is 6.45. The van der Waals surface area contributed by atoms with Gasteiger partial charge in [0.05, 0.1) is 0 Å². The van der Waals surface area contributed by atoms with Crippen LogP contribution in [0.25, 0.3) is 0 Å². The van der Waals surface area contributed by atoms with E-state index in [-0.39, 0.29) is 6.03 Å². The average Bonchev–Trinajstić information content (AvgIpc) is 2.29. The van der Waals surface area contributed by atoms with Gasteiger partial charge in [-0.15, -0.1) is 0 Å². The highest BCUT2D eigenvalue weighted by atomic mass is 16.2. The highest BCUT2D eigenvalue weighted by molar-refractivity contribution is 5.74. The second-order valence-corrected chi connectivity index (χ2v) is 4.54. The molecule has 0 aromatic rings. The molecule has 0 saturated carbocycles. The number of hydrogen-bond acceptors (Lipinski definition) is 2. The third-order valence-corrected chi connectivity index (χ3v) is 3.45. The Kier molecular flexibility index (Phi) is 5.60. The highest BCUT2D eigenvalue weighted by Gasteiger charge is 2.21. The second kappa shape index (κ2) is 6.74. The van der Waals surface area contributed by atoms with Crippen molar-refractivity contribution in [3.63, 3.8) is 0 Å². The normalized spacial score (nSPS) is 25.2. The zero-order valence-electron chi connectivity index (χ0n) is 10.8. The smallest absolute Gasteiger partial charge is 0.317 e. The molecule has 94 valence electrons. The van der Waals surface area contributed by atoms with Crippen molar-refractivity contribution < 1.29 is 4.79 Å². The standard InChI is InChI=1S/C12H25N3O/c1-4-15(5-2)12(16)14-9-11-10(3)7-6-8-13-11/h10-11,13H,4-9H2,1-3H3,(H,14,16). The lowest BCUT2D eigenvalue weighted by Crippen LogP contribution is -2.50. The molecule has 1 aliphatic rings. The maximum atomic E-state index is 11.7.